The monoisotopic (exact) mass is 520 g/mol. The van der Waals surface area contributed by atoms with E-state index in [4.69, 9.17) is 9.15 Å². The zero-order valence-electron chi connectivity index (χ0n) is 21.1. The minimum Gasteiger partial charge on any atom is -0.444 e. The van der Waals surface area contributed by atoms with Gasteiger partial charge in [-0.05, 0) is 49.6 Å². The number of nitriles is 1. The van der Waals surface area contributed by atoms with Crippen molar-refractivity contribution in [1.29, 1.82) is 5.26 Å². The highest BCUT2D eigenvalue weighted by Gasteiger charge is 2.58. The van der Waals surface area contributed by atoms with Gasteiger partial charge in [-0.15, -0.1) is 11.8 Å². The third-order valence-electron chi connectivity index (χ3n) is 6.61. The number of ether oxygens (including phenoxy) is 1. The third kappa shape index (κ3) is 4.96. The first-order valence-corrected chi connectivity index (χ1v) is 12.9. The first-order valence-electron chi connectivity index (χ1n) is 12.0. The van der Waals surface area contributed by atoms with Gasteiger partial charge in [-0.3, -0.25) is 9.36 Å². The molecule has 1 N–H and O–H groups in total. The number of carbonyl (C=O) groups excluding carboxylic acids is 2. The van der Waals surface area contributed by atoms with Crippen molar-refractivity contribution in [2.45, 2.75) is 42.9 Å². The van der Waals surface area contributed by atoms with Gasteiger partial charge in [-0.2, -0.15) is 5.26 Å². The van der Waals surface area contributed by atoms with Crippen molar-refractivity contribution in [2.24, 2.45) is 13.0 Å². The molecule has 3 heterocycles. The molecular weight excluding hydrogens is 492 g/mol. The number of nitrogens with one attached hydrogen (secondary N) is 1. The number of hydrogen-bond donors (Lipinski definition) is 1. The Balaban J connectivity index is 1.17. The summed E-state index contributed by atoms with van der Waals surface area (Å²) in [7, 11) is 1.67. The van der Waals surface area contributed by atoms with Crippen LogP contribution >= 0.6 is 11.8 Å². The Labute approximate surface area is 218 Å². The molecule has 0 aliphatic carbocycles. The summed E-state index contributed by atoms with van der Waals surface area (Å²) in [5, 5.41) is 12.6. The lowest BCUT2D eigenvalue weighted by atomic mass is 9.96. The summed E-state index contributed by atoms with van der Waals surface area (Å²) in [4.78, 5) is 38.0. The van der Waals surface area contributed by atoms with Crippen molar-refractivity contribution in [3.8, 4) is 17.2 Å². The fourth-order valence-corrected chi connectivity index (χ4v) is 5.40. The van der Waals surface area contributed by atoms with E-state index in [1.54, 1.807) is 33.9 Å². The maximum absolute atomic E-state index is 12.7. The number of likely N-dealkylation sites (tertiary alicyclic amines) is 1. The van der Waals surface area contributed by atoms with E-state index in [-0.39, 0.29) is 17.2 Å². The average Bonchev–Trinajstić information content (AvgIpc) is 3.39. The maximum atomic E-state index is 12.7. The molecule has 2 aromatic carbocycles. The van der Waals surface area contributed by atoms with Gasteiger partial charge in [-0.25, -0.2) is 9.59 Å². The van der Waals surface area contributed by atoms with Crippen LogP contribution < -0.4 is 11.1 Å². The topological polar surface area (TPSA) is 118 Å². The summed E-state index contributed by atoms with van der Waals surface area (Å²) in [6.45, 7) is 6.05. The molecule has 5 rings (SSSR count). The summed E-state index contributed by atoms with van der Waals surface area (Å²) in [6, 6.07) is 15.9. The number of aromatic nitrogens is 1. The van der Waals surface area contributed by atoms with E-state index in [1.807, 2.05) is 36.4 Å². The van der Waals surface area contributed by atoms with Gasteiger partial charge in [0.25, 0.3) is 0 Å². The summed E-state index contributed by atoms with van der Waals surface area (Å²) in [6.07, 6.45) is 0.0875. The zero-order valence-corrected chi connectivity index (χ0v) is 21.9. The van der Waals surface area contributed by atoms with Crippen molar-refractivity contribution in [3.05, 3.63) is 58.6 Å². The van der Waals surface area contributed by atoms with Crippen LogP contribution in [-0.2, 0) is 23.0 Å². The molecule has 1 unspecified atom stereocenters. The van der Waals surface area contributed by atoms with Crippen LogP contribution in [-0.4, -0.2) is 50.3 Å². The maximum Gasteiger partial charge on any atom is 0.419 e. The minimum atomic E-state index is -0.709. The van der Waals surface area contributed by atoms with Gasteiger partial charge in [-0.1, -0.05) is 30.3 Å². The van der Waals surface area contributed by atoms with Gasteiger partial charge in [0.1, 0.15) is 15.7 Å². The van der Waals surface area contributed by atoms with E-state index in [9.17, 15) is 19.6 Å². The highest BCUT2D eigenvalue weighted by molar-refractivity contribution is 8.09. The van der Waals surface area contributed by atoms with E-state index in [0.29, 0.717) is 25.1 Å². The summed E-state index contributed by atoms with van der Waals surface area (Å²) in [5.41, 5.74) is 3.62. The molecule has 0 spiro atoms. The van der Waals surface area contributed by atoms with Crippen LogP contribution in [0.3, 0.4) is 0 Å². The predicted octanol–water partition coefficient (Wildman–Crippen LogP) is 3.66. The van der Waals surface area contributed by atoms with Crippen LogP contribution in [0.25, 0.3) is 22.2 Å². The molecule has 2 saturated heterocycles. The Kier molecular flexibility index (Phi) is 6.07. The second kappa shape index (κ2) is 8.99. The van der Waals surface area contributed by atoms with Gasteiger partial charge in [0, 0.05) is 26.6 Å². The Morgan fingerprint density at radius 1 is 1.19 bits per heavy atom. The largest absolute Gasteiger partial charge is 0.444 e. The lowest BCUT2D eigenvalue weighted by molar-refractivity contribution is -0.129. The summed E-state index contributed by atoms with van der Waals surface area (Å²) < 4.78 is 11.3. The lowest BCUT2D eigenvalue weighted by Crippen LogP contribution is -2.57. The quantitative estimate of drug-likeness (QED) is 0.510. The normalized spacial score (nSPS) is 21.3. The molecule has 0 saturated carbocycles. The fraction of sp³-hybridized carbons (Fsp3) is 0.407. The number of nitrogens with zero attached hydrogens (tertiary/aromatic N) is 3. The molecule has 2 aliphatic rings. The number of thioether (sulfide) groups is 1. The van der Waals surface area contributed by atoms with Crippen molar-refractivity contribution < 1.29 is 18.7 Å². The first-order chi connectivity index (χ1) is 17.5. The number of fused-ring (bicyclic) bond motifs is 1. The van der Waals surface area contributed by atoms with Crippen LogP contribution in [0.5, 0.6) is 0 Å². The highest BCUT2D eigenvalue weighted by atomic mass is 32.2. The second-order valence-electron chi connectivity index (χ2n) is 10.6. The number of carbonyl (C=O) groups is 2. The molecule has 37 heavy (non-hydrogen) atoms. The lowest BCUT2D eigenvalue weighted by Gasteiger charge is -2.38. The highest BCUT2D eigenvalue weighted by Crippen LogP contribution is 2.53. The van der Waals surface area contributed by atoms with Crippen molar-refractivity contribution in [3.63, 3.8) is 0 Å². The fourth-order valence-electron chi connectivity index (χ4n) is 4.37. The molecule has 9 nitrogen and oxygen atoms in total. The number of hydrogen-bond acceptors (Lipinski definition) is 7. The Hall–Kier alpha value is -3.71. The van der Waals surface area contributed by atoms with Crippen LogP contribution in [0.15, 0.2) is 51.7 Å². The van der Waals surface area contributed by atoms with Gasteiger partial charge in [0.05, 0.1) is 17.5 Å². The zero-order chi connectivity index (χ0) is 26.5. The molecule has 2 amide bonds. The van der Waals surface area contributed by atoms with E-state index in [1.165, 1.54) is 21.2 Å². The molecule has 2 aliphatic heterocycles. The van der Waals surface area contributed by atoms with Crippen LogP contribution in [0.2, 0.25) is 0 Å². The van der Waals surface area contributed by atoms with Crippen molar-refractivity contribution in [2.75, 3.05) is 13.1 Å². The summed E-state index contributed by atoms with van der Waals surface area (Å²) in [5.74, 6) is -0.837. The van der Waals surface area contributed by atoms with Crippen molar-refractivity contribution >= 4 is 34.9 Å². The Morgan fingerprint density at radius 3 is 2.51 bits per heavy atom. The number of amides is 2. The predicted molar refractivity (Wildman–Crippen MR) is 140 cm³/mol. The molecule has 0 radical (unpaired) electrons. The third-order valence-corrected chi connectivity index (χ3v) is 8.00. The number of benzene rings is 2. The molecule has 192 valence electrons. The standard InChI is InChI=1S/C27H28N4O5S/c1-26(2,3)36-25(34)31-13-19(14-31)22(32)29-23-27(15-28,37-23)12-16-5-7-17(8-6-16)18-9-10-21-20(11-18)30(4)24(33)35-21/h5-11,19,23H,12-14H2,1-4H3,(H,29,32)/t23?,27-/m0/s1. The molecule has 10 heteroatoms. The van der Waals surface area contributed by atoms with E-state index < -0.39 is 22.2 Å². The van der Waals surface area contributed by atoms with E-state index in [0.717, 1.165) is 22.2 Å². The molecule has 2 atom stereocenters. The molecule has 2 fully saturated rings. The van der Waals surface area contributed by atoms with Gasteiger partial charge in [0.15, 0.2) is 5.58 Å². The number of oxazole rings is 1. The van der Waals surface area contributed by atoms with Crippen LogP contribution in [0.1, 0.15) is 26.3 Å². The van der Waals surface area contributed by atoms with Crippen LogP contribution in [0, 0.1) is 17.2 Å². The van der Waals surface area contributed by atoms with Crippen LogP contribution in [0.4, 0.5) is 4.79 Å². The van der Waals surface area contributed by atoms with Gasteiger partial charge >= 0.3 is 11.8 Å². The smallest absolute Gasteiger partial charge is 0.419 e. The Morgan fingerprint density at radius 2 is 1.86 bits per heavy atom. The number of aryl methyl sites for hydroxylation is 1. The van der Waals surface area contributed by atoms with Crippen molar-refractivity contribution in [1.82, 2.24) is 14.8 Å². The Bertz CT molecular complexity index is 1470. The second-order valence-corrected chi connectivity index (χ2v) is 12.0. The minimum absolute atomic E-state index is 0.145. The number of rotatable bonds is 5. The molecule has 1 aromatic heterocycles. The van der Waals surface area contributed by atoms with Gasteiger partial charge < -0.3 is 19.4 Å². The molecule has 0 bridgehead atoms. The first kappa shape index (κ1) is 25.0. The van der Waals surface area contributed by atoms with Gasteiger partial charge in [0.2, 0.25) is 5.91 Å². The average molecular weight is 521 g/mol. The van der Waals surface area contributed by atoms with E-state index >= 15 is 0 Å². The van der Waals surface area contributed by atoms with E-state index in [2.05, 4.69) is 11.4 Å². The molecular formula is C27H28N4O5S. The SMILES string of the molecule is Cn1c(=O)oc2ccc(-c3ccc(C[C@@]4(C#N)SC4NC(=O)C4CN(C(=O)OC(C)(C)C)C4)cc3)cc21. The summed E-state index contributed by atoms with van der Waals surface area (Å²) >= 11 is 1.44. The molecule has 3 aromatic rings.